The molecule has 17 heavy (non-hydrogen) atoms. The molecular formula is C13H15NOS2. The highest BCUT2D eigenvalue weighted by Gasteiger charge is 2.18. The molecule has 1 unspecified atom stereocenters. The summed E-state index contributed by atoms with van der Waals surface area (Å²) in [7, 11) is 0. The highest BCUT2D eigenvalue weighted by Crippen LogP contribution is 2.35. The number of aliphatic imine (C=N–C) groups is 1. The highest BCUT2D eigenvalue weighted by atomic mass is 32.2. The summed E-state index contributed by atoms with van der Waals surface area (Å²) in [5, 5.41) is 0. The van der Waals surface area contributed by atoms with Crippen molar-refractivity contribution in [3.63, 3.8) is 0 Å². The molecule has 0 bridgehead atoms. The molecule has 2 aliphatic rings. The molecule has 0 spiro atoms. The van der Waals surface area contributed by atoms with Crippen LogP contribution in [0.4, 0.5) is 5.69 Å². The Morgan fingerprint density at radius 1 is 1.41 bits per heavy atom. The van der Waals surface area contributed by atoms with E-state index in [1.165, 1.54) is 22.8 Å². The topological polar surface area (TPSA) is 21.6 Å². The van der Waals surface area contributed by atoms with Gasteiger partial charge in [0.2, 0.25) is 0 Å². The first kappa shape index (κ1) is 11.6. The van der Waals surface area contributed by atoms with Crippen molar-refractivity contribution in [2.24, 2.45) is 4.99 Å². The van der Waals surface area contributed by atoms with E-state index >= 15 is 0 Å². The maximum Gasteiger partial charge on any atom is 0.130 e. The third-order valence-corrected chi connectivity index (χ3v) is 5.35. The molecule has 2 heterocycles. The number of benzene rings is 1. The molecule has 1 fully saturated rings. The van der Waals surface area contributed by atoms with Crippen LogP contribution in [-0.2, 0) is 10.5 Å². The van der Waals surface area contributed by atoms with E-state index < -0.39 is 0 Å². The number of fused-ring (bicyclic) bond motifs is 1. The molecule has 0 aliphatic carbocycles. The van der Waals surface area contributed by atoms with Crippen molar-refractivity contribution >= 4 is 33.6 Å². The van der Waals surface area contributed by atoms with Crippen molar-refractivity contribution < 1.29 is 4.74 Å². The molecule has 1 atom stereocenters. The van der Waals surface area contributed by atoms with E-state index in [1.54, 1.807) is 0 Å². The van der Waals surface area contributed by atoms with Gasteiger partial charge in [0.1, 0.15) is 4.38 Å². The zero-order valence-electron chi connectivity index (χ0n) is 9.59. The molecule has 1 aromatic carbocycles. The maximum atomic E-state index is 5.63. The van der Waals surface area contributed by atoms with Crippen LogP contribution < -0.4 is 0 Å². The second-order valence-electron chi connectivity index (χ2n) is 4.24. The molecule has 90 valence electrons. The van der Waals surface area contributed by atoms with E-state index in [9.17, 15) is 0 Å². The van der Waals surface area contributed by atoms with E-state index in [2.05, 4.69) is 24.3 Å². The predicted molar refractivity (Wildman–Crippen MR) is 76.3 cm³/mol. The minimum atomic E-state index is 0.445. The monoisotopic (exact) mass is 265 g/mol. The van der Waals surface area contributed by atoms with Gasteiger partial charge in [0.25, 0.3) is 0 Å². The van der Waals surface area contributed by atoms with Gasteiger partial charge in [-0.05, 0) is 24.5 Å². The lowest BCUT2D eigenvalue weighted by Crippen LogP contribution is -2.09. The van der Waals surface area contributed by atoms with Crippen LogP contribution >= 0.6 is 23.5 Å². The predicted octanol–water partition coefficient (Wildman–Crippen LogP) is 3.83. The number of thioether (sulfide) groups is 2. The molecule has 0 radical (unpaired) electrons. The van der Waals surface area contributed by atoms with Gasteiger partial charge < -0.3 is 4.74 Å². The lowest BCUT2D eigenvalue weighted by atomic mass is 10.2. The molecule has 4 heteroatoms. The number of rotatable bonds is 2. The van der Waals surface area contributed by atoms with Crippen LogP contribution in [0.2, 0.25) is 0 Å². The summed E-state index contributed by atoms with van der Waals surface area (Å²) in [5.41, 5.74) is 2.49. The van der Waals surface area contributed by atoms with Crippen LogP contribution in [0.15, 0.2) is 29.3 Å². The Balaban J connectivity index is 1.63. The first-order valence-electron chi connectivity index (χ1n) is 5.95. The Morgan fingerprint density at radius 2 is 2.35 bits per heavy atom. The van der Waals surface area contributed by atoms with Crippen molar-refractivity contribution in [1.82, 2.24) is 0 Å². The van der Waals surface area contributed by atoms with Gasteiger partial charge in [0, 0.05) is 18.1 Å². The van der Waals surface area contributed by atoms with Crippen LogP contribution in [0.5, 0.6) is 0 Å². The molecule has 0 N–H and O–H groups in total. The van der Waals surface area contributed by atoms with Crippen molar-refractivity contribution in [1.29, 1.82) is 0 Å². The van der Waals surface area contributed by atoms with Crippen molar-refractivity contribution in [3.8, 4) is 0 Å². The Kier molecular flexibility index (Phi) is 3.74. The third-order valence-electron chi connectivity index (χ3n) is 2.97. The fourth-order valence-electron chi connectivity index (χ4n) is 2.03. The van der Waals surface area contributed by atoms with Crippen LogP contribution in [0.25, 0.3) is 0 Å². The molecule has 0 aromatic heterocycles. The zero-order chi connectivity index (χ0) is 11.5. The number of hydrogen-bond donors (Lipinski definition) is 0. The van der Waals surface area contributed by atoms with E-state index in [1.807, 2.05) is 23.5 Å². The lowest BCUT2D eigenvalue weighted by Gasteiger charge is -2.15. The molecule has 1 aromatic rings. The molecule has 0 saturated carbocycles. The van der Waals surface area contributed by atoms with Gasteiger partial charge in [0.05, 0.1) is 11.8 Å². The number of para-hydroxylation sites is 1. The summed E-state index contributed by atoms with van der Waals surface area (Å²) in [5.74, 6) is 2.10. The van der Waals surface area contributed by atoms with E-state index in [-0.39, 0.29) is 0 Å². The van der Waals surface area contributed by atoms with Crippen molar-refractivity contribution in [3.05, 3.63) is 29.8 Å². The van der Waals surface area contributed by atoms with Gasteiger partial charge in [-0.3, -0.25) is 0 Å². The normalized spacial score (nSPS) is 23.3. The Bertz CT molecular complexity index is 427. The minimum absolute atomic E-state index is 0.445. The van der Waals surface area contributed by atoms with Crippen LogP contribution in [0, 0.1) is 0 Å². The summed E-state index contributed by atoms with van der Waals surface area (Å²) < 4.78 is 6.82. The van der Waals surface area contributed by atoms with Crippen molar-refractivity contribution in [2.45, 2.75) is 24.7 Å². The molecule has 1 saturated heterocycles. The van der Waals surface area contributed by atoms with Gasteiger partial charge in [-0.1, -0.05) is 41.7 Å². The first-order chi connectivity index (χ1) is 8.42. The summed E-state index contributed by atoms with van der Waals surface area (Å²) in [4.78, 5) is 4.69. The van der Waals surface area contributed by atoms with Gasteiger partial charge in [-0.15, -0.1) is 0 Å². The number of hydrogen-bond acceptors (Lipinski definition) is 4. The average Bonchev–Trinajstić information content (AvgIpc) is 2.89. The second-order valence-corrected chi connectivity index (χ2v) is 6.47. The lowest BCUT2D eigenvalue weighted by molar-refractivity contribution is 0.129. The number of nitrogens with zero attached hydrogens (tertiary/aromatic N) is 1. The van der Waals surface area contributed by atoms with Gasteiger partial charge >= 0.3 is 0 Å². The first-order valence-corrected chi connectivity index (χ1v) is 7.93. The highest BCUT2D eigenvalue weighted by molar-refractivity contribution is 8.38. The van der Waals surface area contributed by atoms with Gasteiger partial charge in [-0.2, -0.15) is 0 Å². The Labute approximate surface area is 110 Å². The smallest absolute Gasteiger partial charge is 0.130 e. The maximum absolute atomic E-state index is 5.63. The van der Waals surface area contributed by atoms with Crippen LogP contribution in [0.3, 0.4) is 0 Å². The second kappa shape index (κ2) is 5.46. The minimum Gasteiger partial charge on any atom is -0.377 e. The average molecular weight is 265 g/mol. The molecule has 2 nitrogen and oxygen atoms in total. The van der Waals surface area contributed by atoms with E-state index in [0.29, 0.717) is 6.10 Å². The van der Waals surface area contributed by atoms with Crippen molar-refractivity contribution in [2.75, 3.05) is 12.4 Å². The van der Waals surface area contributed by atoms with Crippen LogP contribution in [0.1, 0.15) is 18.4 Å². The molecule has 0 amide bonds. The summed E-state index contributed by atoms with van der Waals surface area (Å²) in [6, 6.07) is 8.40. The van der Waals surface area contributed by atoms with Crippen LogP contribution in [-0.4, -0.2) is 22.8 Å². The summed E-state index contributed by atoms with van der Waals surface area (Å²) >= 11 is 3.69. The Hall–Kier alpha value is -0.450. The molecular weight excluding hydrogens is 250 g/mol. The van der Waals surface area contributed by atoms with E-state index in [4.69, 9.17) is 9.73 Å². The fourth-order valence-corrected chi connectivity index (χ4v) is 4.18. The quantitative estimate of drug-likeness (QED) is 0.811. The third kappa shape index (κ3) is 2.87. The SMILES string of the molecule is c1ccc2c(c1)CSC(SCC1CCCO1)=N2. The van der Waals surface area contributed by atoms with Gasteiger partial charge in [0.15, 0.2) is 0 Å². The number of ether oxygens (including phenoxy) is 1. The van der Waals surface area contributed by atoms with Gasteiger partial charge in [-0.25, -0.2) is 4.99 Å². The molecule has 2 aliphatic heterocycles. The Morgan fingerprint density at radius 3 is 3.24 bits per heavy atom. The molecule has 3 rings (SSSR count). The zero-order valence-corrected chi connectivity index (χ0v) is 11.2. The summed E-state index contributed by atoms with van der Waals surface area (Å²) in [6.45, 7) is 0.938. The fraction of sp³-hybridized carbons (Fsp3) is 0.462. The summed E-state index contributed by atoms with van der Waals surface area (Å²) in [6.07, 6.45) is 2.87. The largest absolute Gasteiger partial charge is 0.377 e. The standard InChI is InChI=1S/C13H15NOS2/c1-2-6-12-10(4-1)8-16-13(14-12)17-9-11-5-3-7-15-11/h1-2,4,6,11H,3,5,7-9H2. The van der Waals surface area contributed by atoms with E-state index in [0.717, 1.165) is 23.8 Å².